The van der Waals surface area contributed by atoms with Crippen LogP contribution in [-0.2, 0) is 4.74 Å². The zero-order valence-corrected chi connectivity index (χ0v) is 20.4. The van der Waals surface area contributed by atoms with Crippen molar-refractivity contribution in [3.8, 4) is 0 Å². The number of rotatable bonds is 7. The molecular formula is C21H14Cl3FN4O5S. The lowest BCUT2D eigenvalue weighted by Gasteiger charge is -2.12. The Bertz CT molecular complexity index is 1240. The third kappa shape index (κ3) is 8.25. The Morgan fingerprint density at radius 1 is 1.09 bits per heavy atom. The van der Waals surface area contributed by atoms with Crippen molar-refractivity contribution in [2.75, 3.05) is 17.2 Å². The van der Waals surface area contributed by atoms with Gasteiger partial charge in [-0.05, 0) is 48.5 Å². The number of amides is 2. The van der Waals surface area contributed by atoms with Gasteiger partial charge in [0.15, 0.2) is 0 Å². The normalized spacial score (nSPS) is 11.0. The number of nitrogens with zero attached hydrogens (tertiary/aromatic N) is 2. The largest absolute Gasteiger partial charge is 0.445 e. The van der Waals surface area contributed by atoms with E-state index >= 15 is 0 Å². The summed E-state index contributed by atoms with van der Waals surface area (Å²) in [5.74, 6) is -1.10. The molecule has 2 amide bonds. The van der Waals surface area contributed by atoms with Crippen molar-refractivity contribution >= 4 is 75.8 Å². The summed E-state index contributed by atoms with van der Waals surface area (Å²) < 4.78 is 16.0. The lowest BCUT2D eigenvalue weighted by Crippen LogP contribution is -2.21. The molecule has 0 aliphatic rings. The first-order valence-electron chi connectivity index (χ1n) is 9.50. The Kier molecular flexibility index (Phi) is 8.73. The van der Waals surface area contributed by atoms with E-state index in [1.54, 1.807) is 24.3 Å². The Balaban J connectivity index is 1.68. The van der Waals surface area contributed by atoms with E-state index in [0.717, 1.165) is 30.1 Å². The molecule has 3 rings (SSSR count). The van der Waals surface area contributed by atoms with E-state index < -0.39 is 33.1 Å². The van der Waals surface area contributed by atoms with Gasteiger partial charge in [0.05, 0.1) is 16.0 Å². The lowest BCUT2D eigenvalue weighted by atomic mass is 10.2. The standard InChI is InChI=1S/C21H14Cl3FN4O5S/c22-21(23,24)11-34-20(31)27-14-3-5-15(6-4-14)35-17-7-1-12(9-16(17)29(32)33)19(30)28-18-8-2-13(25)10-26-18/h1-10H,11H2,(H,27,31)(H,26,28,30). The average Bonchev–Trinajstić information content (AvgIpc) is 2.80. The van der Waals surface area contributed by atoms with Crippen LogP contribution < -0.4 is 10.6 Å². The SMILES string of the molecule is O=C(Nc1ccc(Sc2ccc(C(=O)Nc3ccc(F)cn3)cc2[N+](=O)[O-])cc1)OCC(Cl)(Cl)Cl. The van der Waals surface area contributed by atoms with Gasteiger partial charge >= 0.3 is 6.09 Å². The summed E-state index contributed by atoms with van der Waals surface area (Å²) in [7, 11) is 0. The molecule has 35 heavy (non-hydrogen) atoms. The fourth-order valence-electron chi connectivity index (χ4n) is 2.56. The number of pyridine rings is 1. The fraction of sp³-hybridized carbons (Fsp3) is 0.0952. The molecule has 0 fully saturated rings. The number of ether oxygens (including phenoxy) is 1. The van der Waals surface area contributed by atoms with Crippen molar-refractivity contribution in [2.45, 2.75) is 13.6 Å². The first kappa shape index (κ1) is 26.5. The summed E-state index contributed by atoms with van der Waals surface area (Å²) in [6.45, 7) is -0.435. The lowest BCUT2D eigenvalue weighted by molar-refractivity contribution is -0.387. The Hall–Kier alpha value is -3.12. The second kappa shape index (κ2) is 11.5. The zero-order valence-electron chi connectivity index (χ0n) is 17.3. The van der Waals surface area contributed by atoms with Gasteiger partial charge in [-0.25, -0.2) is 14.2 Å². The van der Waals surface area contributed by atoms with Crippen molar-refractivity contribution in [3.63, 3.8) is 0 Å². The summed E-state index contributed by atoms with van der Waals surface area (Å²) in [6, 6.07) is 12.8. The minimum Gasteiger partial charge on any atom is -0.445 e. The number of carbonyl (C=O) groups is 2. The first-order valence-corrected chi connectivity index (χ1v) is 11.4. The molecule has 0 spiro atoms. The number of benzene rings is 2. The van der Waals surface area contributed by atoms with Gasteiger partial charge < -0.3 is 10.1 Å². The summed E-state index contributed by atoms with van der Waals surface area (Å²) in [6.07, 6.45) is 0.114. The number of anilines is 2. The maximum absolute atomic E-state index is 13.0. The first-order chi connectivity index (χ1) is 16.5. The molecule has 0 radical (unpaired) electrons. The molecule has 1 heterocycles. The summed E-state index contributed by atoms with van der Waals surface area (Å²) in [4.78, 5) is 39.8. The number of nitro benzene ring substituents is 1. The smallest absolute Gasteiger partial charge is 0.411 e. The van der Waals surface area contributed by atoms with E-state index in [1.165, 1.54) is 18.2 Å². The van der Waals surface area contributed by atoms with Gasteiger partial charge in [-0.15, -0.1) is 0 Å². The van der Waals surface area contributed by atoms with Gasteiger partial charge in [0.2, 0.25) is 3.79 Å². The quantitative estimate of drug-likeness (QED) is 0.194. The molecule has 0 saturated heterocycles. The van der Waals surface area contributed by atoms with Gasteiger partial charge in [-0.3, -0.25) is 20.2 Å². The van der Waals surface area contributed by atoms with Gasteiger partial charge in [0.1, 0.15) is 18.2 Å². The molecule has 0 unspecified atom stereocenters. The van der Waals surface area contributed by atoms with E-state index in [-0.39, 0.29) is 22.0 Å². The fourth-order valence-corrected chi connectivity index (χ4v) is 3.62. The van der Waals surface area contributed by atoms with Crippen LogP contribution in [0.3, 0.4) is 0 Å². The van der Waals surface area contributed by atoms with Crippen LogP contribution in [0.2, 0.25) is 0 Å². The topological polar surface area (TPSA) is 123 Å². The highest BCUT2D eigenvalue weighted by atomic mass is 35.6. The Morgan fingerprint density at radius 2 is 1.80 bits per heavy atom. The van der Waals surface area contributed by atoms with E-state index in [4.69, 9.17) is 39.5 Å². The van der Waals surface area contributed by atoms with Gasteiger partial charge in [0, 0.05) is 22.2 Å². The number of halogens is 4. The van der Waals surface area contributed by atoms with Crippen LogP contribution in [0.15, 0.2) is 70.6 Å². The summed E-state index contributed by atoms with van der Waals surface area (Å²) >= 11 is 17.6. The molecule has 0 aliphatic heterocycles. The molecule has 182 valence electrons. The Morgan fingerprint density at radius 3 is 2.40 bits per heavy atom. The Labute approximate surface area is 217 Å². The van der Waals surface area contributed by atoms with Crippen LogP contribution in [0.4, 0.5) is 26.4 Å². The highest BCUT2D eigenvalue weighted by molar-refractivity contribution is 7.99. The van der Waals surface area contributed by atoms with E-state index in [9.17, 15) is 24.1 Å². The monoisotopic (exact) mass is 558 g/mol. The molecule has 14 heteroatoms. The molecule has 1 aromatic heterocycles. The van der Waals surface area contributed by atoms with Crippen LogP contribution in [0, 0.1) is 15.9 Å². The molecule has 0 aliphatic carbocycles. The number of nitrogens with one attached hydrogen (secondary N) is 2. The molecular weight excluding hydrogens is 546 g/mol. The minimum atomic E-state index is -1.74. The molecule has 9 nitrogen and oxygen atoms in total. The third-order valence-corrected chi connectivity index (χ3v) is 5.48. The number of aromatic nitrogens is 1. The van der Waals surface area contributed by atoms with Crippen molar-refractivity contribution < 1.29 is 23.6 Å². The molecule has 2 aromatic carbocycles. The van der Waals surface area contributed by atoms with Crippen LogP contribution in [0.1, 0.15) is 10.4 Å². The average molecular weight is 560 g/mol. The molecule has 0 bridgehead atoms. The molecule has 0 atom stereocenters. The second-order valence-electron chi connectivity index (χ2n) is 6.70. The van der Waals surface area contributed by atoms with Crippen molar-refractivity contribution in [1.82, 2.24) is 4.98 Å². The van der Waals surface area contributed by atoms with Gasteiger partial charge in [-0.1, -0.05) is 46.6 Å². The van der Waals surface area contributed by atoms with Crippen molar-refractivity contribution in [3.05, 3.63) is 82.3 Å². The summed E-state index contributed by atoms with van der Waals surface area (Å²) in [5, 5.41) is 16.5. The highest BCUT2D eigenvalue weighted by Crippen LogP contribution is 2.36. The summed E-state index contributed by atoms with van der Waals surface area (Å²) in [5.41, 5.74) is 0.131. The van der Waals surface area contributed by atoms with E-state index in [2.05, 4.69) is 15.6 Å². The number of nitro groups is 1. The van der Waals surface area contributed by atoms with Crippen LogP contribution in [0.25, 0.3) is 0 Å². The molecule has 0 saturated carbocycles. The zero-order chi connectivity index (χ0) is 25.6. The maximum atomic E-state index is 13.0. The van der Waals surface area contributed by atoms with Gasteiger partial charge in [-0.2, -0.15) is 0 Å². The maximum Gasteiger partial charge on any atom is 0.411 e. The van der Waals surface area contributed by atoms with E-state index in [0.29, 0.717) is 10.6 Å². The van der Waals surface area contributed by atoms with Crippen LogP contribution >= 0.6 is 46.6 Å². The van der Waals surface area contributed by atoms with Gasteiger partial charge in [0.25, 0.3) is 11.6 Å². The number of hydrogen-bond donors (Lipinski definition) is 2. The third-order valence-electron chi connectivity index (χ3n) is 4.08. The second-order valence-corrected chi connectivity index (χ2v) is 10.3. The predicted molar refractivity (Wildman–Crippen MR) is 131 cm³/mol. The predicted octanol–water partition coefficient (Wildman–Crippen LogP) is 6.45. The van der Waals surface area contributed by atoms with Crippen LogP contribution in [-0.4, -0.2) is 32.3 Å². The number of carbonyl (C=O) groups excluding carboxylic acids is 2. The van der Waals surface area contributed by atoms with Crippen molar-refractivity contribution in [1.29, 1.82) is 0 Å². The van der Waals surface area contributed by atoms with Crippen LogP contribution in [0.5, 0.6) is 0 Å². The number of hydrogen-bond acceptors (Lipinski definition) is 7. The number of alkyl halides is 3. The van der Waals surface area contributed by atoms with E-state index in [1.807, 2.05) is 0 Å². The minimum absolute atomic E-state index is 0.0279. The highest BCUT2D eigenvalue weighted by Gasteiger charge is 2.22. The molecule has 2 N–H and O–H groups in total. The van der Waals surface area contributed by atoms with Crippen molar-refractivity contribution in [2.24, 2.45) is 0 Å². The molecule has 3 aromatic rings.